The van der Waals surface area contributed by atoms with E-state index in [1.54, 1.807) is 48.7 Å². The Hall–Kier alpha value is -3.19. The number of hydrogen-bond donors (Lipinski definition) is 1. The van der Waals surface area contributed by atoms with Gasteiger partial charge in [0, 0.05) is 6.54 Å². The number of thiophene rings is 1. The number of aryl methyl sites for hydroxylation is 1. The molecule has 7 heteroatoms. The molecule has 1 aromatic carbocycles. The van der Waals surface area contributed by atoms with Crippen molar-refractivity contribution in [1.29, 1.82) is 0 Å². The maximum atomic E-state index is 13.1. The highest BCUT2D eigenvalue weighted by molar-refractivity contribution is 7.12. The Bertz CT molecular complexity index is 1080. The van der Waals surface area contributed by atoms with Crippen LogP contribution in [0.2, 0.25) is 0 Å². The highest BCUT2D eigenvalue weighted by atomic mass is 32.1. The van der Waals surface area contributed by atoms with Crippen LogP contribution in [0, 0.1) is 12.7 Å². The summed E-state index contributed by atoms with van der Waals surface area (Å²) in [5.74, 6) is -0.848. The second-order valence-electron chi connectivity index (χ2n) is 6.79. The number of Topliss-reactive ketones (excluding diaryl/α,β-unsaturated/α-hetero) is 1. The Morgan fingerprint density at radius 3 is 2.59 bits per heavy atom. The molecule has 3 aromatic rings. The number of halogens is 1. The van der Waals surface area contributed by atoms with Gasteiger partial charge >= 0.3 is 0 Å². The van der Waals surface area contributed by atoms with E-state index in [0.29, 0.717) is 22.8 Å². The smallest absolute Gasteiger partial charge is 0.290 e. The molecule has 1 unspecified atom stereocenters. The van der Waals surface area contributed by atoms with Gasteiger partial charge in [-0.1, -0.05) is 18.2 Å². The zero-order valence-corrected chi connectivity index (χ0v) is 16.4. The van der Waals surface area contributed by atoms with Crippen molar-refractivity contribution in [3.05, 3.63) is 93.0 Å². The van der Waals surface area contributed by atoms with E-state index in [0.717, 1.165) is 5.56 Å². The van der Waals surface area contributed by atoms with Gasteiger partial charge in [-0.3, -0.25) is 9.59 Å². The molecule has 1 N–H and O–H groups in total. The molecular weight excluding hydrogens is 393 g/mol. The zero-order valence-electron chi connectivity index (χ0n) is 15.6. The SMILES string of the molecule is Cc1ccc(C2C(C(=O)c3cccs3)=C(O)C(=O)N2CCc2ccc(F)cc2)o1. The Morgan fingerprint density at radius 1 is 1.21 bits per heavy atom. The average molecular weight is 411 g/mol. The maximum Gasteiger partial charge on any atom is 0.290 e. The molecule has 29 heavy (non-hydrogen) atoms. The summed E-state index contributed by atoms with van der Waals surface area (Å²) in [6.45, 7) is 2.01. The fourth-order valence-electron chi connectivity index (χ4n) is 3.45. The third kappa shape index (κ3) is 3.61. The molecule has 2 aromatic heterocycles. The predicted molar refractivity (Wildman–Crippen MR) is 106 cm³/mol. The number of rotatable bonds is 6. The number of hydrogen-bond acceptors (Lipinski definition) is 5. The van der Waals surface area contributed by atoms with E-state index in [9.17, 15) is 19.1 Å². The van der Waals surface area contributed by atoms with E-state index in [1.807, 2.05) is 0 Å². The zero-order chi connectivity index (χ0) is 20.5. The Balaban J connectivity index is 1.68. The van der Waals surface area contributed by atoms with Crippen LogP contribution in [-0.4, -0.2) is 28.2 Å². The summed E-state index contributed by atoms with van der Waals surface area (Å²) in [6.07, 6.45) is 0.440. The molecule has 0 bridgehead atoms. The van der Waals surface area contributed by atoms with Gasteiger partial charge in [0.25, 0.3) is 5.91 Å². The van der Waals surface area contributed by atoms with Gasteiger partial charge in [0.2, 0.25) is 5.78 Å². The van der Waals surface area contributed by atoms with E-state index in [2.05, 4.69) is 0 Å². The van der Waals surface area contributed by atoms with Crippen LogP contribution in [0.1, 0.15) is 32.8 Å². The van der Waals surface area contributed by atoms with Crippen LogP contribution in [-0.2, 0) is 11.2 Å². The van der Waals surface area contributed by atoms with E-state index in [1.165, 1.54) is 28.4 Å². The van der Waals surface area contributed by atoms with E-state index < -0.39 is 23.5 Å². The third-order valence-corrected chi connectivity index (χ3v) is 5.75. The number of furan rings is 1. The first-order valence-electron chi connectivity index (χ1n) is 9.09. The molecule has 1 amide bonds. The molecule has 4 rings (SSSR count). The normalized spacial score (nSPS) is 16.7. The van der Waals surface area contributed by atoms with Gasteiger partial charge < -0.3 is 14.4 Å². The molecule has 0 spiro atoms. The summed E-state index contributed by atoms with van der Waals surface area (Å²) < 4.78 is 18.9. The standard InChI is InChI=1S/C22H18FNO4S/c1-13-4-9-16(28-13)19-18(20(25)17-3-2-12-29-17)21(26)22(27)24(19)11-10-14-5-7-15(23)8-6-14/h2-9,12,19,26H,10-11H2,1H3. The number of carbonyl (C=O) groups is 2. The molecule has 0 fully saturated rings. The summed E-state index contributed by atoms with van der Waals surface area (Å²) in [6, 6.07) is 12.0. The summed E-state index contributed by atoms with van der Waals surface area (Å²) >= 11 is 1.25. The molecule has 1 aliphatic rings. The molecule has 0 aliphatic carbocycles. The minimum absolute atomic E-state index is 0.0194. The Labute approximate surface area is 170 Å². The molecular formula is C22H18FNO4S. The second kappa shape index (κ2) is 7.67. The molecule has 0 saturated heterocycles. The Morgan fingerprint density at radius 2 is 1.97 bits per heavy atom. The van der Waals surface area contributed by atoms with Crippen molar-refractivity contribution >= 4 is 23.0 Å². The van der Waals surface area contributed by atoms with Crippen molar-refractivity contribution in [2.45, 2.75) is 19.4 Å². The van der Waals surface area contributed by atoms with Crippen molar-refractivity contribution in [2.75, 3.05) is 6.54 Å². The number of carbonyl (C=O) groups excluding carboxylic acids is 2. The van der Waals surface area contributed by atoms with Crippen molar-refractivity contribution in [3.8, 4) is 0 Å². The summed E-state index contributed by atoms with van der Waals surface area (Å²) in [4.78, 5) is 27.7. The number of nitrogens with zero attached hydrogens (tertiary/aromatic N) is 1. The number of aliphatic hydroxyl groups excluding tert-OH is 1. The second-order valence-corrected chi connectivity index (χ2v) is 7.74. The van der Waals surface area contributed by atoms with E-state index in [4.69, 9.17) is 4.42 Å². The minimum Gasteiger partial charge on any atom is -0.503 e. The number of ketones is 1. The highest BCUT2D eigenvalue weighted by Gasteiger charge is 2.45. The van der Waals surface area contributed by atoms with Gasteiger partial charge in [-0.2, -0.15) is 0 Å². The lowest BCUT2D eigenvalue weighted by atomic mass is 10.00. The lowest BCUT2D eigenvalue weighted by molar-refractivity contribution is -0.129. The van der Waals surface area contributed by atoms with Crippen LogP contribution in [0.3, 0.4) is 0 Å². The third-order valence-electron chi connectivity index (χ3n) is 4.88. The highest BCUT2D eigenvalue weighted by Crippen LogP contribution is 2.40. The van der Waals surface area contributed by atoms with Gasteiger partial charge in [0.1, 0.15) is 23.4 Å². The minimum atomic E-state index is -0.814. The fourth-order valence-corrected chi connectivity index (χ4v) is 4.13. The van der Waals surface area contributed by atoms with Crippen LogP contribution in [0.15, 0.2) is 69.7 Å². The molecule has 0 radical (unpaired) electrons. The molecule has 148 valence electrons. The van der Waals surface area contributed by atoms with Gasteiger partial charge in [-0.15, -0.1) is 11.3 Å². The first kappa shape index (κ1) is 19.1. The monoisotopic (exact) mass is 411 g/mol. The molecule has 5 nitrogen and oxygen atoms in total. The summed E-state index contributed by atoms with van der Waals surface area (Å²) in [5, 5.41) is 12.3. The van der Waals surface area contributed by atoms with Crippen LogP contribution in [0.5, 0.6) is 0 Å². The first-order chi connectivity index (χ1) is 14.0. The molecule has 1 aliphatic heterocycles. The quantitative estimate of drug-likeness (QED) is 0.602. The van der Waals surface area contributed by atoms with Gasteiger partial charge in [-0.05, 0) is 54.6 Å². The maximum absolute atomic E-state index is 13.1. The van der Waals surface area contributed by atoms with Crippen molar-refractivity contribution in [2.24, 2.45) is 0 Å². The van der Waals surface area contributed by atoms with E-state index >= 15 is 0 Å². The largest absolute Gasteiger partial charge is 0.503 e. The van der Waals surface area contributed by atoms with Crippen molar-refractivity contribution in [1.82, 2.24) is 4.90 Å². The summed E-state index contributed by atoms with van der Waals surface area (Å²) in [5.41, 5.74) is 0.858. The van der Waals surface area contributed by atoms with Crippen LogP contribution in [0.4, 0.5) is 4.39 Å². The van der Waals surface area contributed by atoms with Gasteiger partial charge in [-0.25, -0.2) is 4.39 Å². The average Bonchev–Trinajstić information content (AvgIpc) is 3.43. The van der Waals surface area contributed by atoms with Crippen LogP contribution < -0.4 is 0 Å². The molecule has 0 saturated carbocycles. The number of benzene rings is 1. The van der Waals surface area contributed by atoms with Crippen LogP contribution in [0.25, 0.3) is 0 Å². The summed E-state index contributed by atoms with van der Waals surface area (Å²) in [7, 11) is 0. The Kier molecular flexibility index (Phi) is 5.07. The number of aliphatic hydroxyl groups is 1. The van der Waals surface area contributed by atoms with Gasteiger partial charge in [0.15, 0.2) is 5.76 Å². The van der Waals surface area contributed by atoms with Crippen molar-refractivity contribution in [3.63, 3.8) is 0 Å². The van der Waals surface area contributed by atoms with Crippen molar-refractivity contribution < 1.29 is 23.5 Å². The van der Waals surface area contributed by atoms with Crippen LogP contribution >= 0.6 is 11.3 Å². The van der Waals surface area contributed by atoms with E-state index in [-0.39, 0.29) is 17.9 Å². The lowest BCUT2D eigenvalue weighted by Gasteiger charge is -2.24. The topological polar surface area (TPSA) is 70.8 Å². The first-order valence-corrected chi connectivity index (χ1v) is 9.96. The lowest BCUT2D eigenvalue weighted by Crippen LogP contribution is -2.32. The number of amides is 1. The predicted octanol–water partition coefficient (Wildman–Crippen LogP) is 4.61. The van der Waals surface area contributed by atoms with Gasteiger partial charge in [0.05, 0.1) is 10.5 Å². The molecule has 1 atom stereocenters. The fraction of sp³-hybridized carbons (Fsp3) is 0.182. The molecule has 3 heterocycles.